The van der Waals surface area contributed by atoms with Crippen LogP contribution in [-0.2, 0) is 6.42 Å². The van der Waals surface area contributed by atoms with Crippen LogP contribution in [-0.4, -0.2) is 9.97 Å². The van der Waals surface area contributed by atoms with Crippen molar-refractivity contribution in [2.24, 2.45) is 0 Å². The normalized spacial score (nSPS) is 12.3. The van der Waals surface area contributed by atoms with Crippen molar-refractivity contribution in [2.45, 2.75) is 32.6 Å². The van der Waals surface area contributed by atoms with Gasteiger partial charge in [0, 0.05) is 16.3 Å². The first-order valence-electron chi connectivity index (χ1n) is 6.61. The molecule has 0 spiro atoms. The van der Waals surface area contributed by atoms with E-state index in [9.17, 15) is 0 Å². The number of aromatic nitrogens is 2. The first kappa shape index (κ1) is 14.6. The predicted molar refractivity (Wildman–Crippen MR) is 83.8 cm³/mol. The van der Waals surface area contributed by atoms with Crippen LogP contribution in [0.25, 0.3) is 0 Å². The molecule has 1 unspecified atom stereocenters. The highest BCUT2D eigenvalue weighted by molar-refractivity contribution is 6.30. The minimum absolute atomic E-state index is 0.231. The van der Waals surface area contributed by atoms with Gasteiger partial charge in [-0.25, -0.2) is 4.98 Å². The number of nitrogen functional groups attached to an aromatic ring is 2. The van der Waals surface area contributed by atoms with Crippen LogP contribution in [0, 0.1) is 6.92 Å². The third-order valence-corrected chi connectivity index (χ3v) is 3.78. The highest BCUT2D eigenvalue weighted by atomic mass is 35.5. The summed E-state index contributed by atoms with van der Waals surface area (Å²) in [5, 5.41) is 0.757. The molecule has 0 aliphatic rings. The van der Waals surface area contributed by atoms with E-state index >= 15 is 0 Å². The molecule has 2 rings (SSSR count). The van der Waals surface area contributed by atoms with Gasteiger partial charge >= 0.3 is 0 Å². The van der Waals surface area contributed by atoms with E-state index in [1.807, 2.05) is 19.1 Å². The predicted octanol–water partition coefficient (Wildman–Crippen LogP) is 3.34. The number of rotatable bonds is 4. The molecular weight excluding hydrogens is 272 g/mol. The van der Waals surface area contributed by atoms with Crippen LogP contribution in [0.5, 0.6) is 0 Å². The number of halogens is 1. The van der Waals surface area contributed by atoms with E-state index in [0.29, 0.717) is 11.7 Å². The van der Waals surface area contributed by atoms with E-state index in [4.69, 9.17) is 23.1 Å². The number of hydrogen-bond donors (Lipinski definition) is 2. The monoisotopic (exact) mass is 290 g/mol. The van der Waals surface area contributed by atoms with Gasteiger partial charge in [0.1, 0.15) is 5.82 Å². The Bertz CT molecular complexity index is 572. The molecule has 1 aromatic carbocycles. The van der Waals surface area contributed by atoms with Gasteiger partial charge in [-0.1, -0.05) is 30.7 Å². The Morgan fingerprint density at radius 1 is 1.15 bits per heavy atom. The summed E-state index contributed by atoms with van der Waals surface area (Å²) in [6, 6.07) is 7.95. The zero-order valence-corrected chi connectivity index (χ0v) is 12.5. The minimum atomic E-state index is 0.231. The minimum Gasteiger partial charge on any atom is -0.383 e. The van der Waals surface area contributed by atoms with Crippen molar-refractivity contribution in [3.63, 3.8) is 0 Å². The number of anilines is 2. The number of nitrogens with zero attached hydrogens (tertiary/aromatic N) is 2. The SMILES string of the molecule is Cc1nc(N)nc(N)c1CCC(C)c1ccc(Cl)cc1. The summed E-state index contributed by atoms with van der Waals surface area (Å²) >= 11 is 5.90. The average molecular weight is 291 g/mol. The van der Waals surface area contributed by atoms with E-state index in [2.05, 4.69) is 29.0 Å². The lowest BCUT2D eigenvalue weighted by atomic mass is 9.94. The van der Waals surface area contributed by atoms with Gasteiger partial charge in [-0.05, 0) is 43.4 Å². The number of nitrogens with two attached hydrogens (primary N) is 2. The Hall–Kier alpha value is -1.81. The van der Waals surface area contributed by atoms with Gasteiger partial charge in [0.2, 0.25) is 5.95 Å². The van der Waals surface area contributed by atoms with Crippen LogP contribution in [0.2, 0.25) is 5.02 Å². The van der Waals surface area contributed by atoms with E-state index in [-0.39, 0.29) is 5.95 Å². The Morgan fingerprint density at radius 2 is 1.80 bits per heavy atom. The van der Waals surface area contributed by atoms with Crippen LogP contribution in [0.4, 0.5) is 11.8 Å². The van der Waals surface area contributed by atoms with Crippen molar-refractivity contribution in [1.82, 2.24) is 9.97 Å². The smallest absolute Gasteiger partial charge is 0.222 e. The second-order valence-corrected chi connectivity index (χ2v) is 5.46. The molecule has 20 heavy (non-hydrogen) atoms. The standard InChI is InChI=1S/C15H19ClN4/c1-9(11-4-6-12(16)7-5-11)3-8-13-10(2)19-15(18)20-14(13)17/h4-7,9H,3,8H2,1-2H3,(H4,17,18,19,20). The fourth-order valence-corrected chi connectivity index (χ4v) is 2.39. The van der Waals surface area contributed by atoms with E-state index < -0.39 is 0 Å². The van der Waals surface area contributed by atoms with E-state index in [0.717, 1.165) is 29.1 Å². The number of benzene rings is 1. The molecular formula is C15H19ClN4. The van der Waals surface area contributed by atoms with Gasteiger partial charge in [-0.15, -0.1) is 0 Å². The number of hydrogen-bond acceptors (Lipinski definition) is 4. The lowest BCUT2D eigenvalue weighted by molar-refractivity contribution is 0.675. The Morgan fingerprint density at radius 3 is 2.40 bits per heavy atom. The molecule has 1 aromatic heterocycles. The van der Waals surface area contributed by atoms with Crippen LogP contribution >= 0.6 is 11.6 Å². The maximum Gasteiger partial charge on any atom is 0.222 e. The molecule has 5 heteroatoms. The fourth-order valence-electron chi connectivity index (χ4n) is 2.27. The van der Waals surface area contributed by atoms with Crippen molar-refractivity contribution >= 4 is 23.4 Å². The second-order valence-electron chi connectivity index (χ2n) is 5.02. The molecule has 2 aromatic rings. The first-order valence-corrected chi connectivity index (χ1v) is 6.99. The van der Waals surface area contributed by atoms with Gasteiger partial charge in [-0.3, -0.25) is 0 Å². The summed E-state index contributed by atoms with van der Waals surface area (Å²) < 4.78 is 0. The third-order valence-electron chi connectivity index (χ3n) is 3.53. The summed E-state index contributed by atoms with van der Waals surface area (Å²) in [5.74, 6) is 1.14. The maximum absolute atomic E-state index is 5.92. The zero-order chi connectivity index (χ0) is 14.7. The van der Waals surface area contributed by atoms with Crippen molar-refractivity contribution < 1.29 is 0 Å². The molecule has 106 valence electrons. The summed E-state index contributed by atoms with van der Waals surface area (Å²) in [7, 11) is 0. The van der Waals surface area contributed by atoms with Gasteiger partial charge in [0.25, 0.3) is 0 Å². The van der Waals surface area contributed by atoms with Crippen LogP contribution < -0.4 is 11.5 Å². The third kappa shape index (κ3) is 3.39. The van der Waals surface area contributed by atoms with Gasteiger partial charge in [0.15, 0.2) is 0 Å². The van der Waals surface area contributed by atoms with Gasteiger partial charge in [-0.2, -0.15) is 4.98 Å². The summed E-state index contributed by atoms with van der Waals surface area (Å²) in [6.07, 6.45) is 1.81. The molecule has 1 heterocycles. The molecule has 0 saturated heterocycles. The van der Waals surface area contributed by atoms with Crippen LogP contribution in [0.3, 0.4) is 0 Å². The molecule has 0 fully saturated rings. The topological polar surface area (TPSA) is 77.8 Å². The fraction of sp³-hybridized carbons (Fsp3) is 0.333. The molecule has 0 aliphatic heterocycles. The second kappa shape index (κ2) is 6.09. The molecule has 0 aliphatic carbocycles. The molecule has 0 radical (unpaired) electrons. The quantitative estimate of drug-likeness (QED) is 0.905. The molecule has 4 nitrogen and oxygen atoms in total. The highest BCUT2D eigenvalue weighted by Gasteiger charge is 2.11. The Labute approximate surface area is 124 Å². The first-order chi connectivity index (χ1) is 9.47. The molecule has 1 atom stereocenters. The van der Waals surface area contributed by atoms with Crippen LogP contribution in [0.15, 0.2) is 24.3 Å². The molecule has 0 bridgehead atoms. The van der Waals surface area contributed by atoms with Crippen molar-refractivity contribution in [2.75, 3.05) is 11.5 Å². The number of aryl methyl sites for hydroxylation is 1. The zero-order valence-electron chi connectivity index (χ0n) is 11.7. The average Bonchev–Trinajstić information content (AvgIpc) is 2.38. The van der Waals surface area contributed by atoms with Crippen LogP contribution in [0.1, 0.15) is 36.1 Å². The summed E-state index contributed by atoms with van der Waals surface area (Å²) in [5.41, 5.74) is 14.6. The van der Waals surface area contributed by atoms with Gasteiger partial charge < -0.3 is 11.5 Å². The summed E-state index contributed by atoms with van der Waals surface area (Å²) in [6.45, 7) is 4.10. The maximum atomic E-state index is 5.92. The van der Waals surface area contributed by atoms with E-state index in [1.54, 1.807) is 0 Å². The van der Waals surface area contributed by atoms with Crippen molar-refractivity contribution in [3.8, 4) is 0 Å². The van der Waals surface area contributed by atoms with Crippen molar-refractivity contribution in [3.05, 3.63) is 46.1 Å². The highest BCUT2D eigenvalue weighted by Crippen LogP contribution is 2.25. The molecule has 0 saturated carbocycles. The molecule has 4 N–H and O–H groups in total. The van der Waals surface area contributed by atoms with E-state index in [1.165, 1.54) is 5.56 Å². The Balaban J connectivity index is 2.07. The lowest BCUT2D eigenvalue weighted by Crippen LogP contribution is -2.08. The van der Waals surface area contributed by atoms with Crippen molar-refractivity contribution in [1.29, 1.82) is 0 Å². The summed E-state index contributed by atoms with van der Waals surface area (Å²) in [4.78, 5) is 8.19. The Kier molecular flexibility index (Phi) is 4.45. The molecule has 0 amide bonds. The van der Waals surface area contributed by atoms with Gasteiger partial charge in [0.05, 0.1) is 0 Å². The lowest BCUT2D eigenvalue weighted by Gasteiger charge is -2.14. The largest absolute Gasteiger partial charge is 0.383 e.